The van der Waals surface area contributed by atoms with E-state index in [9.17, 15) is 13.2 Å². The summed E-state index contributed by atoms with van der Waals surface area (Å²) in [5, 5.41) is 3.12. The average molecular weight is 428 g/mol. The number of hydrogen-bond donors (Lipinski definition) is 1. The quantitative estimate of drug-likeness (QED) is 0.770. The van der Waals surface area contributed by atoms with E-state index >= 15 is 0 Å². The highest BCUT2D eigenvalue weighted by Gasteiger charge is 2.36. The van der Waals surface area contributed by atoms with Crippen molar-refractivity contribution >= 4 is 15.9 Å². The lowest BCUT2D eigenvalue weighted by atomic mass is 10.0. The molecule has 7 heteroatoms. The Kier molecular flexibility index (Phi) is 5.95. The van der Waals surface area contributed by atoms with Crippen LogP contribution in [0.5, 0.6) is 0 Å². The third-order valence-corrected chi connectivity index (χ3v) is 7.94. The van der Waals surface area contributed by atoms with Gasteiger partial charge in [0, 0.05) is 32.2 Å². The van der Waals surface area contributed by atoms with E-state index in [1.807, 2.05) is 50.2 Å². The number of hydrogen-bond acceptors (Lipinski definition) is 4. The lowest BCUT2D eigenvalue weighted by Gasteiger charge is -2.38. The predicted molar refractivity (Wildman–Crippen MR) is 117 cm³/mol. The highest BCUT2D eigenvalue weighted by Crippen LogP contribution is 2.27. The molecule has 0 spiro atoms. The Labute approximate surface area is 178 Å². The molecule has 0 unspecified atom stereocenters. The highest BCUT2D eigenvalue weighted by molar-refractivity contribution is 7.89. The third-order valence-electron chi connectivity index (χ3n) is 6.04. The van der Waals surface area contributed by atoms with Crippen LogP contribution in [0.3, 0.4) is 0 Å². The maximum atomic E-state index is 13.1. The maximum absolute atomic E-state index is 13.1. The summed E-state index contributed by atoms with van der Waals surface area (Å²) in [6.45, 7) is 5.67. The molecule has 1 heterocycles. The van der Waals surface area contributed by atoms with Gasteiger partial charge in [0.05, 0.1) is 4.90 Å². The second-order valence-corrected chi connectivity index (χ2v) is 10.2. The summed E-state index contributed by atoms with van der Waals surface area (Å²) in [5.41, 5.74) is 2.99. The van der Waals surface area contributed by atoms with Gasteiger partial charge in [-0.3, -0.25) is 9.69 Å². The Morgan fingerprint density at radius 3 is 2.23 bits per heavy atom. The molecular weight excluding hydrogens is 398 g/mol. The fraction of sp³-hybridized carbons (Fsp3) is 0.435. The van der Waals surface area contributed by atoms with E-state index in [4.69, 9.17) is 0 Å². The molecule has 160 valence electrons. The van der Waals surface area contributed by atoms with Crippen molar-refractivity contribution in [3.63, 3.8) is 0 Å². The molecular formula is C23H29N3O3S. The normalized spacial score (nSPS) is 19.4. The number of piperazine rings is 1. The molecule has 1 saturated heterocycles. The number of nitrogens with one attached hydrogen (secondary N) is 1. The molecule has 0 bridgehead atoms. The molecule has 1 aliphatic carbocycles. The summed E-state index contributed by atoms with van der Waals surface area (Å²) >= 11 is 0. The van der Waals surface area contributed by atoms with Crippen molar-refractivity contribution < 1.29 is 13.2 Å². The lowest BCUT2D eigenvalue weighted by Crippen LogP contribution is -2.52. The van der Waals surface area contributed by atoms with Crippen LogP contribution in [0.1, 0.15) is 35.6 Å². The van der Waals surface area contributed by atoms with Crippen LogP contribution >= 0.6 is 0 Å². The third kappa shape index (κ3) is 4.43. The number of sulfonamides is 1. The first kappa shape index (κ1) is 21.0. The Bertz CT molecular complexity index is 1010. The maximum Gasteiger partial charge on any atom is 0.243 e. The molecule has 1 atom stereocenters. The summed E-state index contributed by atoms with van der Waals surface area (Å²) < 4.78 is 27.8. The van der Waals surface area contributed by atoms with E-state index in [1.54, 1.807) is 12.1 Å². The lowest BCUT2D eigenvalue weighted by molar-refractivity contribution is -0.127. The molecule has 0 aromatic heterocycles. The van der Waals surface area contributed by atoms with Gasteiger partial charge >= 0.3 is 0 Å². The van der Waals surface area contributed by atoms with E-state index in [2.05, 4.69) is 10.2 Å². The van der Waals surface area contributed by atoms with Crippen LogP contribution in [0.2, 0.25) is 0 Å². The number of aryl methyl sites for hydroxylation is 2. The molecule has 2 aromatic carbocycles. The van der Waals surface area contributed by atoms with Gasteiger partial charge in [-0.2, -0.15) is 4.31 Å². The van der Waals surface area contributed by atoms with Crippen molar-refractivity contribution in [1.29, 1.82) is 0 Å². The second-order valence-electron chi connectivity index (χ2n) is 8.28. The van der Waals surface area contributed by atoms with Crippen molar-refractivity contribution in [2.75, 3.05) is 26.2 Å². The van der Waals surface area contributed by atoms with Crippen molar-refractivity contribution in [3.05, 3.63) is 65.2 Å². The molecule has 1 N–H and O–H groups in total. The summed E-state index contributed by atoms with van der Waals surface area (Å²) in [5.74, 6) is 0.00849. The van der Waals surface area contributed by atoms with Crippen molar-refractivity contribution in [1.82, 2.24) is 14.5 Å². The van der Waals surface area contributed by atoms with Crippen molar-refractivity contribution in [2.45, 2.75) is 43.7 Å². The van der Waals surface area contributed by atoms with Crippen LogP contribution in [0.25, 0.3) is 0 Å². The minimum atomic E-state index is -3.54. The summed E-state index contributed by atoms with van der Waals surface area (Å²) in [6, 6.07) is 14.9. The largest absolute Gasteiger partial charge is 0.352 e. The Morgan fingerprint density at radius 1 is 0.967 bits per heavy atom. The fourth-order valence-corrected chi connectivity index (χ4v) is 5.40. The number of rotatable bonds is 6. The van der Waals surface area contributed by atoms with Gasteiger partial charge in [-0.05, 0) is 55.5 Å². The fourth-order valence-electron chi connectivity index (χ4n) is 3.90. The van der Waals surface area contributed by atoms with E-state index in [-0.39, 0.29) is 11.9 Å². The van der Waals surface area contributed by atoms with Gasteiger partial charge in [0.1, 0.15) is 6.04 Å². The molecule has 1 amide bonds. The van der Waals surface area contributed by atoms with E-state index in [1.165, 1.54) is 4.31 Å². The minimum absolute atomic E-state index is 0.00849. The predicted octanol–water partition coefficient (Wildman–Crippen LogP) is 2.63. The van der Waals surface area contributed by atoms with Crippen LogP contribution in [0.15, 0.2) is 53.4 Å². The summed E-state index contributed by atoms with van der Waals surface area (Å²) in [6.07, 6.45) is 2.07. The molecule has 6 nitrogen and oxygen atoms in total. The Morgan fingerprint density at radius 2 is 1.63 bits per heavy atom. The number of carbonyl (C=O) groups excluding carboxylic acids is 1. The number of benzene rings is 2. The first-order valence-electron chi connectivity index (χ1n) is 10.5. The van der Waals surface area contributed by atoms with E-state index < -0.39 is 16.1 Å². The van der Waals surface area contributed by atoms with Crippen LogP contribution in [-0.4, -0.2) is 55.8 Å². The first-order valence-corrected chi connectivity index (χ1v) is 12.0. The van der Waals surface area contributed by atoms with Crippen molar-refractivity contribution in [3.8, 4) is 0 Å². The minimum Gasteiger partial charge on any atom is -0.352 e. The average Bonchev–Trinajstić information content (AvgIpc) is 3.55. The standard InChI is InChI=1S/C23H29N3O3S/c1-17-8-11-21(16-18(17)2)30(28,29)26-14-12-25(13-15-26)22(19-6-4-3-5-7-19)23(27)24-20-9-10-20/h3-8,11,16,20,22H,9-10,12-15H2,1-2H3,(H,24,27)/t22-/m1/s1. The van der Waals surface area contributed by atoms with Gasteiger partial charge in [0.15, 0.2) is 0 Å². The van der Waals surface area contributed by atoms with E-state index in [0.29, 0.717) is 31.1 Å². The van der Waals surface area contributed by atoms with Gasteiger partial charge in [0.2, 0.25) is 15.9 Å². The molecule has 1 saturated carbocycles. The molecule has 2 fully saturated rings. The second kappa shape index (κ2) is 8.49. The van der Waals surface area contributed by atoms with Crippen LogP contribution in [0, 0.1) is 13.8 Å². The zero-order valence-electron chi connectivity index (χ0n) is 17.5. The van der Waals surface area contributed by atoms with Gasteiger partial charge in [-0.1, -0.05) is 36.4 Å². The van der Waals surface area contributed by atoms with Gasteiger partial charge in [0.25, 0.3) is 0 Å². The van der Waals surface area contributed by atoms with Gasteiger partial charge in [-0.15, -0.1) is 0 Å². The highest BCUT2D eigenvalue weighted by atomic mass is 32.2. The smallest absolute Gasteiger partial charge is 0.243 e. The molecule has 30 heavy (non-hydrogen) atoms. The molecule has 2 aliphatic rings. The molecule has 4 rings (SSSR count). The summed E-state index contributed by atoms with van der Waals surface area (Å²) in [7, 11) is -3.54. The SMILES string of the molecule is Cc1ccc(S(=O)(=O)N2CCN([C@@H](C(=O)NC3CC3)c3ccccc3)CC2)cc1C. The molecule has 1 aliphatic heterocycles. The Balaban J connectivity index is 1.50. The van der Waals surface area contributed by atoms with Crippen LogP contribution in [0.4, 0.5) is 0 Å². The van der Waals surface area contributed by atoms with Gasteiger partial charge in [-0.25, -0.2) is 8.42 Å². The monoisotopic (exact) mass is 427 g/mol. The number of nitrogens with zero attached hydrogens (tertiary/aromatic N) is 2. The zero-order chi connectivity index (χ0) is 21.3. The zero-order valence-corrected chi connectivity index (χ0v) is 18.4. The molecule has 0 radical (unpaired) electrons. The topological polar surface area (TPSA) is 69.7 Å². The van der Waals surface area contributed by atoms with Gasteiger partial charge < -0.3 is 5.32 Å². The number of amides is 1. The van der Waals surface area contributed by atoms with Crippen LogP contribution < -0.4 is 5.32 Å². The first-order chi connectivity index (χ1) is 14.4. The summed E-state index contributed by atoms with van der Waals surface area (Å²) in [4.78, 5) is 15.4. The number of carbonyl (C=O) groups is 1. The van der Waals surface area contributed by atoms with E-state index in [0.717, 1.165) is 29.5 Å². The Hall–Kier alpha value is -2.22. The van der Waals surface area contributed by atoms with Crippen molar-refractivity contribution in [2.24, 2.45) is 0 Å². The molecule has 2 aromatic rings. The van der Waals surface area contributed by atoms with Crippen LogP contribution in [-0.2, 0) is 14.8 Å².